The molecule has 100 valence electrons. The Balaban J connectivity index is 2.15. The van der Waals surface area contributed by atoms with Crippen molar-refractivity contribution in [2.75, 3.05) is 7.05 Å². The lowest BCUT2D eigenvalue weighted by Crippen LogP contribution is -2.26. The Morgan fingerprint density at radius 2 is 2.16 bits per heavy atom. The second kappa shape index (κ2) is 5.96. The quantitative estimate of drug-likeness (QED) is 0.740. The molecule has 1 heterocycles. The molecular weight excluding hydrogens is 377 g/mol. The summed E-state index contributed by atoms with van der Waals surface area (Å²) in [6.45, 7) is 2.40. The second-order valence-corrected chi connectivity index (χ2v) is 5.86. The summed E-state index contributed by atoms with van der Waals surface area (Å²) in [4.78, 5) is 13.9. The minimum Gasteiger partial charge on any atom is -0.469 e. The highest BCUT2D eigenvalue weighted by atomic mass is 127. The molecule has 3 nitrogen and oxygen atoms in total. The molecule has 0 atom stereocenters. The van der Waals surface area contributed by atoms with Gasteiger partial charge in [0.15, 0.2) is 0 Å². The van der Waals surface area contributed by atoms with Crippen molar-refractivity contribution in [3.63, 3.8) is 0 Å². The van der Waals surface area contributed by atoms with Gasteiger partial charge in [-0.1, -0.05) is 11.6 Å². The minimum absolute atomic E-state index is 0.0566. The number of amides is 1. The molecule has 0 saturated heterocycles. The predicted molar refractivity (Wildman–Crippen MR) is 83.4 cm³/mol. The van der Waals surface area contributed by atoms with Gasteiger partial charge in [0.05, 0.1) is 11.3 Å². The first-order valence-electron chi connectivity index (χ1n) is 5.72. The monoisotopic (exact) mass is 389 g/mol. The van der Waals surface area contributed by atoms with E-state index in [9.17, 15) is 4.79 Å². The molecule has 0 bridgehead atoms. The molecule has 1 aromatic heterocycles. The van der Waals surface area contributed by atoms with Crippen molar-refractivity contribution in [3.8, 4) is 0 Å². The van der Waals surface area contributed by atoms with Crippen LogP contribution in [0, 0.1) is 10.5 Å². The molecule has 5 heteroatoms. The Kier molecular flexibility index (Phi) is 4.52. The van der Waals surface area contributed by atoms with Crippen molar-refractivity contribution in [1.29, 1.82) is 0 Å². The van der Waals surface area contributed by atoms with Gasteiger partial charge in [0, 0.05) is 28.3 Å². The summed E-state index contributed by atoms with van der Waals surface area (Å²) in [6, 6.07) is 7.20. The van der Waals surface area contributed by atoms with E-state index in [0.29, 0.717) is 17.1 Å². The first-order chi connectivity index (χ1) is 8.99. The fourth-order valence-electron chi connectivity index (χ4n) is 1.75. The van der Waals surface area contributed by atoms with E-state index in [1.807, 2.05) is 19.1 Å². The molecule has 0 radical (unpaired) electrons. The molecule has 0 N–H and O–H groups in total. The number of benzene rings is 1. The van der Waals surface area contributed by atoms with Gasteiger partial charge in [0.2, 0.25) is 0 Å². The first-order valence-corrected chi connectivity index (χ1v) is 7.18. The van der Waals surface area contributed by atoms with Crippen LogP contribution >= 0.6 is 34.2 Å². The Hall–Kier alpha value is -1.01. The summed E-state index contributed by atoms with van der Waals surface area (Å²) in [6.07, 6.45) is 1.63. The van der Waals surface area contributed by atoms with E-state index in [-0.39, 0.29) is 5.91 Å². The molecule has 1 aromatic carbocycles. The van der Waals surface area contributed by atoms with Crippen LogP contribution in [-0.4, -0.2) is 17.9 Å². The molecule has 0 spiro atoms. The number of furan rings is 1. The van der Waals surface area contributed by atoms with Gasteiger partial charge in [0.1, 0.15) is 5.76 Å². The molecule has 0 unspecified atom stereocenters. The molecule has 1 amide bonds. The van der Waals surface area contributed by atoms with Crippen LogP contribution < -0.4 is 0 Å². The van der Waals surface area contributed by atoms with E-state index < -0.39 is 0 Å². The van der Waals surface area contributed by atoms with Crippen LogP contribution in [0.15, 0.2) is 34.9 Å². The summed E-state index contributed by atoms with van der Waals surface area (Å²) in [5.74, 6) is 0.777. The maximum atomic E-state index is 12.3. The highest BCUT2D eigenvalue weighted by Gasteiger charge is 2.14. The van der Waals surface area contributed by atoms with Crippen LogP contribution in [0.2, 0.25) is 5.02 Å². The largest absolute Gasteiger partial charge is 0.469 e. The van der Waals surface area contributed by atoms with Crippen molar-refractivity contribution in [2.45, 2.75) is 13.5 Å². The summed E-state index contributed by atoms with van der Waals surface area (Å²) in [5.41, 5.74) is 1.60. The second-order valence-electron chi connectivity index (χ2n) is 4.29. The SMILES string of the molecule is Cc1occc1CN(C)C(=O)c1ccc(I)c(Cl)c1. The van der Waals surface area contributed by atoms with E-state index in [0.717, 1.165) is 14.9 Å². The average Bonchev–Trinajstić information content (AvgIpc) is 2.77. The number of carbonyl (C=O) groups is 1. The van der Waals surface area contributed by atoms with Gasteiger partial charge in [-0.3, -0.25) is 4.79 Å². The molecular formula is C14H13ClINO2. The van der Waals surface area contributed by atoms with Crippen LogP contribution in [0.25, 0.3) is 0 Å². The molecule has 0 aliphatic carbocycles. The minimum atomic E-state index is -0.0566. The maximum absolute atomic E-state index is 12.3. The number of halogens is 2. The number of hydrogen-bond acceptors (Lipinski definition) is 2. The Morgan fingerprint density at radius 3 is 2.74 bits per heavy atom. The molecule has 0 saturated carbocycles. The summed E-state index contributed by atoms with van der Waals surface area (Å²) >= 11 is 8.17. The summed E-state index contributed by atoms with van der Waals surface area (Å²) in [5, 5.41) is 0.597. The van der Waals surface area contributed by atoms with Crippen LogP contribution in [0.5, 0.6) is 0 Å². The third-order valence-electron chi connectivity index (χ3n) is 2.89. The maximum Gasteiger partial charge on any atom is 0.253 e. The number of nitrogens with zero attached hydrogens (tertiary/aromatic N) is 1. The van der Waals surface area contributed by atoms with E-state index >= 15 is 0 Å². The Labute approximate surface area is 130 Å². The topological polar surface area (TPSA) is 33.5 Å². The van der Waals surface area contributed by atoms with Gasteiger partial charge < -0.3 is 9.32 Å². The van der Waals surface area contributed by atoms with Gasteiger partial charge in [-0.2, -0.15) is 0 Å². The van der Waals surface area contributed by atoms with E-state index in [2.05, 4.69) is 22.6 Å². The average molecular weight is 390 g/mol. The zero-order valence-corrected chi connectivity index (χ0v) is 13.5. The molecule has 2 rings (SSSR count). The van der Waals surface area contributed by atoms with Gasteiger partial charge in [-0.25, -0.2) is 0 Å². The molecule has 0 aliphatic heterocycles. The highest BCUT2D eigenvalue weighted by Crippen LogP contribution is 2.21. The van der Waals surface area contributed by atoms with Crippen LogP contribution in [-0.2, 0) is 6.54 Å². The Bertz CT molecular complexity index is 609. The lowest BCUT2D eigenvalue weighted by molar-refractivity contribution is 0.0784. The summed E-state index contributed by atoms with van der Waals surface area (Å²) < 4.78 is 6.16. The molecule has 0 aliphatic rings. The number of aryl methyl sites for hydroxylation is 1. The van der Waals surface area contributed by atoms with Crippen molar-refractivity contribution in [1.82, 2.24) is 4.90 Å². The zero-order valence-electron chi connectivity index (χ0n) is 10.6. The van der Waals surface area contributed by atoms with Crippen molar-refractivity contribution < 1.29 is 9.21 Å². The fourth-order valence-corrected chi connectivity index (χ4v) is 2.27. The number of carbonyl (C=O) groups excluding carboxylic acids is 1. The standard InChI is InChI=1S/C14H13ClINO2/c1-9-11(5-6-19-9)8-17(2)14(18)10-3-4-13(16)12(15)7-10/h3-7H,8H2,1-2H3. The van der Waals surface area contributed by atoms with Crippen molar-refractivity contribution in [3.05, 3.63) is 56.0 Å². The number of rotatable bonds is 3. The van der Waals surface area contributed by atoms with Gasteiger partial charge >= 0.3 is 0 Å². The van der Waals surface area contributed by atoms with Crippen molar-refractivity contribution in [2.24, 2.45) is 0 Å². The lowest BCUT2D eigenvalue weighted by atomic mass is 10.2. The van der Waals surface area contributed by atoms with E-state index in [1.165, 1.54) is 0 Å². The Morgan fingerprint density at radius 1 is 1.42 bits per heavy atom. The van der Waals surface area contributed by atoms with Crippen LogP contribution in [0.3, 0.4) is 0 Å². The predicted octanol–water partition coefficient (Wildman–Crippen LogP) is 4.12. The van der Waals surface area contributed by atoms with Gasteiger partial charge in [-0.15, -0.1) is 0 Å². The molecule has 0 fully saturated rings. The molecule has 2 aromatic rings. The normalized spacial score (nSPS) is 10.5. The first kappa shape index (κ1) is 14.4. The third kappa shape index (κ3) is 3.30. The van der Waals surface area contributed by atoms with Crippen molar-refractivity contribution >= 4 is 40.1 Å². The third-order valence-corrected chi connectivity index (χ3v) is 4.46. The van der Waals surface area contributed by atoms with Crippen LogP contribution in [0.1, 0.15) is 21.7 Å². The van der Waals surface area contributed by atoms with E-state index in [1.54, 1.807) is 30.3 Å². The van der Waals surface area contributed by atoms with E-state index in [4.69, 9.17) is 16.0 Å². The highest BCUT2D eigenvalue weighted by molar-refractivity contribution is 14.1. The smallest absolute Gasteiger partial charge is 0.253 e. The molecule has 19 heavy (non-hydrogen) atoms. The fraction of sp³-hybridized carbons (Fsp3) is 0.214. The summed E-state index contributed by atoms with van der Waals surface area (Å²) in [7, 11) is 1.76. The van der Waals surface area contributed by atoms with Crippen LogP contribution in [0.4, 0.5) is 0 Å². The lowest BCUT2D eigenvalue weighted by Gasteiger charge is -2.17. The van der Waals surface area contributed by atoms with Gasteiger partial charge in [0.25, 0.3) is 5.91 Å². The van der Waals surface area contributed by atoms with Gasteiger partial charge in [-0.05, 0) is 53.8 Å². The number of hydrogen-bond donors (Lipinski definition) is 0. The zero-order chi connectivity index (χ0) is 14.0.